The number of aromatic amines is 1. The predicted octanol–water partition coefficient (Wildman–Crippen LogP) is 4.78. The minimum absolute atomic E-state index is 0.0736. The van der Waals surface area contributed by atoms with Crippen LogP contribution in [0.4, 0.5) is 36.4 Å². The number of hydrogen-bond acceptors (Lipinski definition) is 7. The maximum Gasteiger partial charge on any atom is 0.423 e. The minimum atomic E-state index is -4.88. The van der Waals surface area contributed by atoms with Gasteiger partial charge in [-0.3, -0.25) is 14.2 Å². The average molecular weight is 583 g/mol. The highest BCUT2D eigenvalue weighted by molar-refractivity contribution is 5.82. The fourth-order valence-electron chi connectivity index (χ4n) is 4.97. The molecule has 4 aromatic rings. The Bertz CT molecular complexity index is 1700. The Morgan fingerprint density at radius 2 is 1.71 bits per heavy atom. The van der Waals surface area contributed by atoms with Crippen molar-refractivity contribution in [1.29, 1.82) is 0 Å². The molecule has 0 spiro atoms. The normalized spacial score (nSPS) is 18.0. The van der Waals surface area contributed by atoms with E-state index in [0.717, 1.165) is 12.3 Å². The monoisotopic (exact) mass is 583 g/mol. The first kappa shape index (κ1) is 28.2. The van der Waals surface area contributed by atoms with Crippen LogP contribution in [0.15, 0.2) is 46.6 Å². The fraction of sp³-hybridized carbons (Fsp3) is 0.360. The first-order valence-corrected chi connectivity index (χ1v) is 12.3. The van der Waals surface area contributed by atoms with Gasteiger partial charge in [-0.2, -0.15) is 31.4 Å². The van der Waals surface area contributed by atoms with Gasteiger partial charge in [0.15, 0.2) is 5.82 Å². The number of alkyl halides is 6. The lowest BCUT2D eigenvalue weighted by Gasteiger charge is -2.31. The van der Waals surface area contributed by atoms with Crippen molar-refractivity contribution in [1.82, 2.24) is 29.7 Å². The highest BCUT2D eigenvalue weighted by atomic mass is 19.4. The lowest BCUT2D eigenvalue weighted by molar-refractivity contribution is -0.139. The van der Waals surface area contributed by atoms with Gasteiger partial charge in [0.25, 0.3) is 11.1 Å². The number of H-pyrrole nitrogens is 1. The maximum atomic E-state index is 14.9. The molecule has 1 aliphatic rings. The largest absolute Gasteiger partial charge is 0.423 e. The Hall–Kier alpha value is -4.37. The van der Waals surface area contributed by atoms with Crippen molar-refractivity contribution < 1.29 is 30.7 Å². The van der Waals surface area contributed by atoms with Gasteiger partial charge in [0, 0.05) is 25.0 Å². The summed E-state index contributed by atoms with van der Waals surface area (Å²) >= 11 is 0. The molecule has 41 heavy (non-hydrogen) atoms. The summed E-state index contributed by atoms with van der Waals surface area (Å²) < 4.78 is 94.8. The molecule has 2 N–H and O–H groups in total. The van der Waals surface area contributed by atoms with Crippen molar-refractivity contribution in [3.05, 3.63) is 74.7 Å². The second kappa shape index (κ2) is 10.6. The molecule has 1 aromatic carbocycles. The number of rotatable bonds is 5. The maximum absolute atomic E-state index is 14.9. The topological polar surface area (TPSA) is 118 Å². The summed E-state index contributed by atoms with van der Waals surface area (Å²) in [6, 6.07) is 1.67. The van der Waals surface area contributed by atoms with E-state index >= 15 is 0 Å². The molecule has 9 nitrogen and oxygen atoms in total. The first-order valence-electron chi connectivity index (χ1n) is 12.3. The van der Waals surface area contributed by atoms with Crippen LogP contribution in [0.1, 0.15) is 36.8 Å². The van der Waals surface area contributed by atoms with Crippen molar-refractivity contribution in [2.75, 3.05) is 5.32 Å². The standard InChI is InChI=1S/C25H20F7N7O2/c26-17-5-16-18(6-15(17)21-33-7-13(8-34-21)24(27,28)29)35-11-39(23(16)41)10-12-2-1-3-14(4-12)37-19-9-36-38-22(40)20(19)25(30,31)32/h5-9,11-12,14H,1-4,10H2,(H2,37,38,40)/t12-,14+/m1/s1. The van der Waals surface area contributed by atoms with Crippen molar-refractivity contribution >= 4 is 16.6 Å². The Balaban J connectivity index is 1.35. The summed E-state index contributed by atoms with van der Waals surface area (Å²) in [4.78, 5) is 36.3. The van der Waals surface area contributed by atoms with E-state index in [2.05, 4.69) is 25.4 Å². The van der Waals surface area contributed by atoms with Crippen LogP contribution in [0.3, 0.4) is 0 Å². The third-order valence-electron chi connectivity index (χ3n) is 6.87. The van der Waals surface area contributed by atoms with Gasteiger partial charge in [0.05, 0.1) is 40.2 Å². The molecule has 5 rings (SSSR count). The highest BCUT2D eigenvalue weighted by Crippen LogP contribution is 2.34. The zero-order chi connectivity index (χ0) is 29.5. The number of anilines is 1. The van der Waals surface area contributed by atoms with Crippen molar-refractivity contribution in [2.45, 2.75) is 50.6 Å². The van der Waals surface area contributed by atoms with Crippen LogP contribution < -0.4 is 16.4 Å². The van der Waals surface area contributed by atoms with Crippen LogP contribution in [0, 0.1) is 11.7 Å². The first-order chi connectivity index (χ1) is 19.3. The number of benzene rings is 1. The highest BCUT2D eigenvalue weighted by Gasteiger charge is 2.38. The molecule has 0 radical (unpaired) electrons. The number of nitrogens with zero attached hydrogens (tertiary/aromatic N) is 5. The molecule has 1 saturated carbocycles. The lowest BCUT2D eigenvalue weighted by Crippen LogP contribution is -2.34. The molecule has 0 unspecified atom stereocenters. The van der Waals surface area contributed by atoms with Gasteiger partial charge in [-0.1, -0.05) is 6.42 Å². The molecule has 216 valence electrons. The van der Waals surface area contributed by atoms with Crippen LogP contribution in [0.25, 0.3) is 22.3 Å². The van der Waals surface area contributed by atoms with Crippen molar-refractivity contribution in [3.63, 3.8) is 0 Å². The van der Waals surface area contributed by atoms with E-state index in [4.69, 9.17) is 0 Å². The molecular formula is C25H20F7N7O2. The van der Waals surface area contributed by atoms with Crippen LogP contribution in [-0.4, -0.2) is 35.8 Å². The summed E-state index contributed by atoms with van der Waals surface area (Å²) in [6.45, 7) is 0.158. The molecule has 0 bridgehead atoms. The van der Waals surface area contributed by atoms with Crippen LogP contribution in [0.2, 0.25) is 0 Å². The van der Waals surface area contributed by atoms with E-state index in [1.807, 2.05) is 0 Å². The van der Waals surface area contributed by atoms with Gasteiger partial charge in [-0.05, 0) is 37.3 Å². The van der Waals surface area contributed by atoms with Crippen LogP contribution in [-0.2, 0) is 18.9 Å². The van der Waals surface area contributed by atoms with Crippen LogP contribution >= 0.6 is 0 Å². The van der Waals surface area contributed by atoms with Crippen molar-refractivity contribution in [2.24, 2.45) is 5.92 Å². The quantitative estimate of drug-likeness (QED) is 0.325. The van der Waals surface area contributed by atoms with Gasteiger partial charge >= 0.3 is 12.4 Å². The molecular weight excluding hydrogens is 563 g/mol. The SMILES string of the molecule is O=c1[nH]ncc(N[C@H]2CCC[C@@H](Cn3cnc4cc(-c5ncc(C(F)(F)F)cn5)c(F)cc4c3=O)C2)c1C(F)(F)F. The molecule has 1 aliphatic carbocycles. The molecule has 2 atom stereocenters. The van der Waals surface area contributed by atoms with Gasteiger partial charge in [0.1, 0.15) is 11.4 Å². The lowest BCUT2D eigenvalue weighted by atomic mass is 9.85. The molecule has 16 heteroatoms. The summed E-state index contributed by atoms with van der Waals surface area (Å²) in [5, 5.41) is 7.94. The zero-order valence-electron chi connectivity index (χ0n) is 20.9. The second-order valence-corrected chi connectivity index (χ2v) is 9.70. The van der Waals surface area contributed by atoms with E-state index in [1.54, 1.807) is 5.10 Å². The average Bonchev–Trinajstić information content (AvgIpc) is 2.89. The van der Waals surface area contributed by atoms with Gasteiger partial charge in [-0.15, -0.1) is 0 Å². The number of halogens is 7. The molecule has 1 fully saturated rings. The van der Waals surface area contributed by atoms with Gasteiger partial charge in [-0.25, -0.2) is 24.4 Å². The van der Waals surface area contributed by atoms with E-state index in [0.29, 0.717) is 38.1 Å². The molecule has 0 aliphatic heterocycles. The molecule has 3 heterocycles. The number of fused-ring (bicyclic) bond motifs is 1. The second-order valence-electron chi connectivity index (χ2n) is 9.70. The summed E-state index contributed by atoms with van der Waals surface area (Å²) in [5.74, 6) is -1.39. The van der Waals surface area contributed by atoms with Gasteiger partial charge in [0.2, 0.25) is 0 Å². The minimum Gasteiger partial charge on any atom is -0.380 e. The zero-order valence-corrected chi connectivity index (χ0v) is 20.9. The Labute approximate surface area is 225 Å². The summed E-state index contributed by atoms with van der Waals surface area (Å²) in [5.41, 5.74) is -4.97. The third-order valence-corrected chi connectivity index (χ3v) is 6.87. The van der Waals surface area contributed by atoms with E-state index in [-0.39, 0.29) is 34.8 Å². The summed E-state index contributed by atoms with van der Waals surface area (Å²) in [6.07, 6.45) is -4.11. The third kappa shape index (κ3) is 5.90. The predicted molar refractivity (Wildman–Crippen MR) is 131 cm³/mol. The number of aromatic nitrogens is 6. The van der Waals surface area contributed by atoms with E-state index in [1.165, 1.54) is 17.0 Å². The summed E-state index contributed by atoms with van der Waals surface area (Å²) in [7, 11) is 0. The Morgan fingerprint density at radius 1 is 0.976 bits per heavy atom. The van der Waals surface area contributed by atoms with E-state index in [9.17, 15) is 40.3 Å². The molecule has 3 aromatic heterocycles. The Kier molecular flexibility index (Phi) is 7.25. The molecule has 0 amide bonds. The number of hydrogen-bond donors (Lipinski definition) is 2. The van der Waals surface area contributed by atoms with Gasteiger partial charge < -0.3 is 5.32 Å². The Morgan fingerprint density at radius 3 is 2.39 bits per heavy atom. The smallest absolute Gasteiger partial charge is 0.380 e. The molecule has 0 saturated heterocycles. The fourth-order valence-corrected chi connectivity index (χ4v) is 4.97. The van der Waals surface area contributed by atoms with Crippen LogP contribution in [0.5, 0.6) is 0 Å². The van der Waals surface area contributed by atoms with Crippen molar-refractivity contribution in [3.8, 4) is 11.4 Å². The van der Waals surface area contributed by atoms with E-state index < -0.39 is 52.1 Å². The number of nitrogens with one attached hydrogen (secondary N) is 2.